The number of nitrogens with one attached hydrogen (secondary N) is 1. The van der Waals surface area contributed by atoms with Crippen molar-refractivity contribution in [2.45, 2.75) is 19.6 Å². The molecule has 1 heterocycles. The molecule has 2 rings (SSSR count). The Kier molecular flexibility index (Phi) is 6.26. The van der Waals surface area contributed by atoms with Gasteiger partial charge in [-0.25, -0.2) is 9.59 Å². The Morgan fingerprint density at radius 2 is 1.89 bits per heavy atom. The Bertz CT molecular complexity index is 860. The summed E-state index contributed by atoms with van der Waals surface area (Å²) in [7, 11) is 1.10. The first-order chi connectivity index (χ1) is 12.8. The topological polar surface area (TPSA) is 138 Å². The number of carbonyl (C=O) groups is 3. The van der Waals surface area contributed by atoms with Gasteiger partial charge in [-0.2, -0.15) is 0 Å². The number of nitro groups is 1. The van der Waals surface area contributed by atoms with E-state index in [4.69, 9.17) is 9.15 Å². The Morgan fingerprint density at radius 1 is 1.22 bits per heavy atom. The van der Waals surface area contributed by atoms with Gasteiger partial charge in [0.25, 0.3) is 11.6 Å². The lowest BCUT2D eigenvalue weighted by molar-refractivity contribution is -0.384. The number of non-ortho nitro benzene ring substituents is 1. The number of furan rings is 1. The highest BCUT2D eigenvalue weighted by atomic mass is 16.6. The van der Waals surface area contributed by atoms with Crippen molar-refractivity contribution < 1.29 is 33.2 Å². The maximum absolute atomic E-state index is 12.2. The minimum Gasteiger partial charge on any atom is -0.467 e. The molecule has 0 aliphatic heterocycles. The first-order valence-electron chi connectivity index (χ1n) is 7.70. The van der Waals surface area contributed by atoms with Crippen molar-refractivity contribution >= 4 is 23.5 Å². The molecule has 27 heavy (non-hydrogen) atoms. The first-order valence-corrected chi connectivity index (χ1v) is 7.70. The van der Waals surface area contributed by atoms with E-state index in [1.54, 1.807) is 12.1 Å². The molecule has 0 spiro atoms. The first kappa shape index (κ1) is 19.6. The number of hydrogen-bond acceptors (Lipinski definition) is 8. The van der Waals surface area contributed by atoms with Gasteiger partial charge in [0.15, 0.2) is 6.10 Å². The normalized spacial score (nSPS) is 11.3. The second kappa shape index (κ2) is 8.61. The quantitative estimate of drug-likeness (QED) is 0.439. The lowest BCUT2D eigenvalue weighted by Gasteiger charge is -2.13. The number of esters is 2. The Labute approximate surface area is 153 Å². The number of nitrogens with zero attached hydrogens (tertiary/aromatic N) is 1. The van der Waals surface area contributed by atoms with Crippen LogP contribution in [-0.4, -0.2) is 36.0 Å². The summed E-state index contributed by atoms with van der Waals surface area (Å²) in [6.07, 6.45) is 0.278. The maximum atomic E-state index is 12.2. The van der Waals surface area contributed by atoms with Crippen LogP contribution in [0.1, 0.15) is 33.4 Å². The number of amides is 1. The summed E-state index contributed by atoms with van der Waals surface area (Å²) < 4.78 is 14.6. The van der Waals surface area contributed by atoms with Crippen LogP contribution in [0.15, 0.2) is 41.0 Å². The van der Waals surface area contributed by atoms with E-state index in [1.165, 1.54) is 13.2 Å². The Morgan fingerprint density at radius 3 is 2.44 bits per heavy atom. The van der Waals surface area contributed by atoms with Gasteiger partial charge in [-0.05, 0) is 25.1 Å². The van der Waals surface area contributed by atoms with Crippen LogP contribution in [0.4, 0.5) is 5.69 Å². The zero-order valence-corrected chi connectivity index (χ0v) is 14.5. The highest BCUT2D eigenvalue weighted by Gasteiger charge is 2.23. The lowest BCUT2D eigenvalue weighted by Crippen LogP contribution is -2.35. The number of methoxy groups -OCH3 is 1. The molecule has 10 nitrogen and oxygen atoms in total. The van der Waals surface area contributed by atoms with E-state index in [2.05, 4.69) is 10.1 Å². The van der Waals surface area contributed by atoms with E-state index in [-0.39, 0.29) is 17.7 Å². The predicted octanol–water partition coefficient (Wildman–Crippen LogP) is 1.84. The Hall–Kier alpha value is -3.69. The minimum absolute atomic E-state index is 0.108. The third kappa shape index (κ3) is 5.14. The number of ether oxygens (including phenoxy) is 2. The molecule has 0 fully saturated rings. The predicted molar refractivity (Wildman–Crippen MR) is 89.9 cm³/mol. The molecule has 0 radical (unpaired) electrons. The van der Waals surface area contributed by atoms with E-state index in [0.717, 1.165) is 25.3 Å². The van der Waals surface area contributed by atoms with Gasteiger partial charge >= 0.3 is 11.9 Å². The molecule has 0 aliphatic carbocycles. The summed E-state index contributed by atoms with van der Waals surface area (Å²) in [6, 6.07) is 6.33. The molecule has 0 unspecified atom stereocenters. The molecule has 1 aromatic carbocycles. The summed E-state index contributed by atoms with van der Waals surface area (Å²) in [6.45, 7) is 1.45. The standard InChI is InChI=1S/C17H16N2O8/c1-10(15(20)18-9-14-4-3-5-26-14)27-17(22)12-6-11(16(21)25-2)7-13(8-12)19(23)24/h3-8,10H,9H2,1-2H3,(H,18,20)/t10-/m1/s1. The minimum atomic E-state index is -1.17. The fraction of sp³-hybridized carbons (Fsp3) is 0.235. The van der Waals surface area contributed by atoms with E-state index in [0.29, 0.717) is 5.76 Å². The van der Waals surface area contributed by atoms with Gasteiger partial charge in [0, 0.05) is 12.1 Å². The molecule has 0 bridgehead atoms. The van der Waals surface area contributed by atoms with Gasteiger partial charge in [-0.1, -0.05) is 0 Å². The molecule has 0 aliphatic rings. The van der Waals surface area contributed by atoms with Crippen LogP contribution in [0, 0.1) is 10.1 Å². The molecule has 142 valence electrons. The SMILES string of the molecule is COC(=O)c1cc(C(=O)O[C@H](C)C(=O)NCc2ccco2)cc([N+](=O)[O-])c1. The van der Waals surface area contributed by atoms with Crippen molar-refractivity contribution in [3.63, 3.8) is 0 Å². The van der Waals surface area contributed by atoms with Crippen molar-refractivity contribution in [1.82, 2.24) is 5.32 Å². The molecule has 1 atom stereocenters. The van der Waals surface area contributed by atoms with E-state index in [1.807, 2.05) is 0 Å². The fourth-order valence-electron chi connectivity index (χ4n) is 2.08. The van der Waals surface area contributed by atoms with Crippen molar-refractivity contribution in [1.29, 1.82) is 0 Å². The number of hydrogen-bond donors (Lipinski definition) is 1. The van der Waals surface area contributed by atoms with Gasteiger partial charge < -0.3 is 19.2 Å². The van der Waals surface area contributed by atoms with Gasteiger partial charge in [-0.15, -0.1) is 0 Å². The van der Waals surface area contributed by atoms with Crippen molar-refractivity contribution in [3.8, 4) is 0 Å². The van der Waals surface area contributed by atoms with E-state index < -0.39 is 34.6 Å². The molecule has 0 saturated carbocycles. The van der Waals surface area contributed by atoms with Crippen LogP contribution in [-0.2, 0) is 20.8 Å². The van der Waals surface area contributed by atoms with Crippen LogP contribution >= 0.6 is 0 Å². The summed E-state index contributed by atoms with van der Waals surface area (Å²) in [4.78, 5) is 46.1. The highest BCUT2D eigenvalue weighted by molar-refractivity contribution is 5.97. The third-order valence-electron chi connectivity index (χ3n) is 3.46. The number of rotatable bonds is 7. The van der Waals surface area contributed by atoms with Crippen LogP contribution in [0.3, 0.4) is 0 Å². The Balaban J connectivity index is 2.09. The third-order valence-corrected chi connectivity index (χ3v) is 3.46. The maximum Gasteiger partial charge on any atom is 0.339 e. The summed E-state index contributed by atoms with van der Waals surface area (Å²) in [5, 5.41) is 13.5. The molecule has 10 heteroatoms. The molecule has 2 aromatic rings. The molecular formula is C17H16N2O8. The van der Waals surface area contributed by atoms with Crippen molar-refractivity contribution in [3.05, 3.63) is 63.6 Å². The molecule has 1 N–H and O–H groups in total. The molecule has 0 saturated heterocycles. The van der Waals surface area contributed by atoms with Crippen LogP contribution in [0.2, 0.25) is 0 Å². The van der Waals surface area contributed by atoms with Crippen molar-refractivity contribution in [2.24, 2.45) is 0 Å². The second-order valence-electron chi connectivity index (χ2n) is 5.36. The average molecular weight is 376 g/mol. The van der Waals surface area contributed by atoms with Gasteiger partial charge in [-0.3, -0.25) is 14.9 Å². The number of carbonyl (C=O) groups excluding carboxylic acids is 3. The number of nitro benzene ring substituents is 1. The number of benzene rings is 1. The van der Waals surface area contributed by atoms with E-state index in [9.17, 15) is 24.5 Å². The van der Waals surface area contributed by atoms with Crippen LogP contribution in [0.5, 0.6) is 0 Å². The zero-order chi connectivity index (χ0) is 20.0. The van der Waals surface area contributed by atoms with E-state index >= 15 is 0 Å². The monoisotopic (exact) mass is 376 g/mol. The van der Waals surface area contributed by atoms with Gasteiger partial charge in [0.2, 0.25) is 0 Å². The highest BCUT2D eigenvalue weighted by Crippen LogP contribution is 2.19. The summed E-state index contributed by atoms with van der Waals surface area (Å²) >= 11 is 0. The average Bonchev–Trinajstić information content (AvgIpc) is 3.18. The lowest BCUT2D eigenvalue weighted by atomic mass is 10.1. The fourth-order valence-corrected chi connectivity index (χ4v) is 2.08. The summed E-state index contributed by atoms with van der Waals surface area (Å²) in [5.41, 5.74) is -0.927. The largest absolute Gasteiger partial charge is 0.467 e. The van der Waals surface area contributed by atoms with Crippen molar-refractivity contribution in [2.75, 3.05) is 7.11 Å². The van der Waals surface area contributed by atoms with Crippen LogP contribution in [0.25, 0.3) is 0 Å². The molecule has 1 aromatic heterocycles. The smallest absolute Gasteiger partial charge is 0.339 e. The van der Waals surface area contributed by atoms with Crippen LogP contribution < -0.4 is 5.32 Å². The summed E-state index contributed by atoms with van der Waals surface area (Å²) in [5.74, 6) is -1.91. The second-order valence-corrected chi connectivity index (χ2v) is 5.36. The van der Waals surface area contributed by atoms with Gasteiger partial charge in [0.1, 0.15) is 5.76 Å². The molecule has 1 amide bonds. The zero-order valence-electron chi connectivity index (χ0n) is 14.5. The van der Waals surface area contributed by atoms with Gasteiger partial charge in [0.05, 0.1) is 36.0 Å². The molecular weight excluding hydrogens is 360 g/mol.